The van der Waals surface area contributed by atoms with Crippen molar-refractivity contribution < 1.29 is 9.53 Å². The molecule has 0 radical (unpaired) electrons. The minimum absolute atomic E-state index is 0.0497. The summed E-state index contributed by atoms with van der Waals surface area (Å²) < 4.78 is 5.35. The van der Waals surface area contributed by atoms with Gasteiger partial charge in [-0.25, -0.2) is 0 Å². The number of carbonyl (C=O) groups excluding carboxylic acids is 1. The first-order chi connectivity index (χ1) is 6.24. The Morgan fingerprint density at radius 3 is 2.54 bits per heavy atom. The van der Waals surface area contributed by atoms with Crippen molar-refractivity contribution in [1.82, 2.24) is 0 Å². The van der Waals surface area contributed by atoms with Crippen LogP contribution in [0.1, 0.15) is 6.92 Å². The van der Waals surface area contributed by atoms with Gasteiger partial charge < -0.3 is 10.5 Å². The molecule has 0 spiro atoms. The van der Waals surface area contributed by atoms with Crippen LogP contribution in [0.4, 0.5) is 0 Å². The highest BCUT2D eigenvalue weighted by Crippen LogP contribution is 2.10. The molecule has 0 heterocycles. The van der Waals surface area contributed by atoms with Crippen LogP contribution in [0, 0.1) is 0 Å². The number of Topliss-reactive ketones (excluding diaryl/α,β-unsaturated/α-hetero) is 1. The van der Waals surface area contributed by atoms with E-state index in [1.165, 1.54) is 6.92 Å². The molecule has 2 N–H and O–H groups in total. The van der Waals surface area contributed by atoms with Crippen LogP contribution in [0.5, 0.6) is 5.75 Å². The van der Waals surface area contributed by atoms with Gasteiger partial charge >= 0.3 is 0 Å². The van der Waals surface area contributed by atoms with Gasteiger partial charge in [0.25, 0.3) is 0 Å². The summed E-state index contributed by atoms with van der Waals surface area (Å²) in [6.07, 6.45) is -0.526. The molecular weight excluding hydrogens is 166 g/mol. The van der Waals surface area contributed by atoms with Crippen molar-refractivity contribution in [3.05, 3.63) is 30.3 Å². The van der Waals surface area contributed by atoms with Crippen molar-refractivity contribution in [2.24, 2.45) is 5.73 Å². The van der Waals surface area contributed by atoms with Gasteiger partial charge in [0, 0.05) is 6.54 Å². The summed E-state index contributed by atoms with van der Waals surface area (Å²) in [5.41, 5.74) is 5.38. The molecule has 1 rings (SSSR count). The summed E-state index contributed by atoms with van der Waals surface area (Å²) in [6.45, 7) is 1.69. The fourth-order valence-electron chi connectivity index (χ4n) is 0.960. The minimum atomic E-state index is -0.526. The van der Waals surface area contributed by atoms with E-state index in [2.05, 4.69) is 0 Å². The lowest BCUT2D eigenvalue weighted by molar-refractivity contribution is -0.123. The Kier molecular flexibility index (Phi) is 3.46. The number of benzene rings is 1. The average Bonchev–Trinajstić information content (AvgIpc) is 2.15. The van der Waals surface area contributed by atoms with Gasteiger partial charge in [-0.2, -0.15) is 0 Å². The minimum Gasteiger partial charge on any atom is -0.481 e. The first kappa shape index (κ1) is 9.74. The predicted molar refractivity (Wildman–Crippen MR) is 50.6 cm³/mol. The third-order valence-corrected chi connectivity index (χ3v) is 1.69. The van der Waals surface area contributed by atoms with Crippen LogP contribution in [0.25, 0.3) is 0 Å². The van der Waals surface area contributed by atoms with Gasteiger partial charge in [0.15, 0.2) is 11.9 Å². The molecule has 0 saturated carbocycles. The van der Waals surface area contributed by atoms with Gasteiger partial charge in [0.1, 0.15) is 5.75 Å². The van der Waals surface area contributed by atoms with Crippen LogP contribution in [-0.4, -0.2) is 18.4 Å². The third kappa shape index (κ3) is 2.87. The zero-order chi connectivity index (χ0) is 9.68. The van der Waals surface area contributed by atoms with Crippen LogP contribution in [-0.2, 0) is 4.79 Å². The van der Waals surface area contributed by atoms with E-state index in [0.29, 0.717) is 5.75 Å². The molecule has 1 aromatic rings. The maximum absolute atomic E-state index is 11.0. The maximum Gasteiger partial charge on any atom is 0.171 e. The van der Waals surface area contributed by atoms with E-state index in [0.717, 1.165) is 0 Å². The monoisotopic (exact) mass is 179 g/mol. The summed E-state index contributed by atoms with van der Waals surface area (Å²) >= 11 is 0. The Morgan fingerprint density at radius 1 is 1.46 bits per heavy atom. The number of nitrogens with two attached hydrogens (primary N) is 1. The largest absolute Gasteiger partial charge is 0.481 e. The normalized spacial score (nSPS) is 12.2. The molecule has 0 fully saturated rings. The highest BCUT2D eigenvalue weighted by Gasteiger charge is 2.12. The SMILES string of the molecule is CC(=O)C(CN)Oc1ccccc1. The van der Waals surface area contributed by atoms with E-state index < -0.39 is 6.10 Å². The Morgan fingerprint density at radius 2 is 2.08 bits per heavy atom. The molecule has 0 amide bonds. The highest BCUT2D eigenvalue weighted by molar-refractivity contribution is 5.81. The Balaban J connectivity index is 2.62. The average molecular weight is 179 g/mol. The number of carbonyl (C=O) groups is 1. The Bertz CT molecular complexity index is 272. The van der Waals surface area contributed by atoms with E-state index in [9.17, 15) is 4.79 Å². The van der Waals surface area contributed by atoms with Crippen molar-refractivity contribution in [2.75, 3.05) is 6.54 Å². The molecule has 0 aliphatic heterocycles. The van der Waals surface area contributed by atoms with E-state index >= 15 is 0 Å². The number of rotatable bonds is 4. The number of hydrogen-bond donors (Lipinski definition) is 1. The van der Waals surface area contributed by atoms with Gasteiger partial charge in [-0.15, -0.1) is 0 Å². The molecule has 1 unspecified atom stereocenters. The molecule has 3 nitrogen and oxygen atoms in total. The molecule has 1 atom stereocenters. The van der Waals surface area contributed by atoms with Crippen molar-refractivity contribution >= 4 is 5.78 Å². The fourth-order valence-corrected chi connectivity index (χ4v) is 0.960. The number of ether oxygens (including phenoxy) is 1. The molecule has 0 saturated heterocycles. The van der Waals surface area contributed by atoms with Crippen LogP contribution < -0.4 is 10.5 Å². The van der Waals surface area contributed by atoms with Crippen molar-refractivity contribution in [3.63, 3.8) is 0 Å². The third-order valence-electron chi connectivity index (χ3n) is 1.69. The van der Waals surface area contributed by atoms with E-state index in [1.807, 2.05) is 18.2 Å². The molecule has 70 valence electrons. The lowest BCUT2D eigenvalue weighted by atomic mass is 10.2. The molecule has 0 aromatic heterocycles. The second-order valence-electron chi connectivity index (χ2n) is 2.77. The molecule has 1 aromatic carbocycles. The number of ketones is 1. The smallest absolute Gasteiger partial charge is 0.171 e. The first-order valence-corrected chi connectivity index (χ1v) is 4.16. The predicted octanol–water partition coefficient (Wildman–Crippen LogP) is 0.982. The van der Waals surface area contributed by atoms with Crippen molar-refractivity contribution in [2.45, 2.75) is 13.0 Å². The zero-order valence-electron chi connectivity index (χ0n) is 7.57. The molecule has 0 aliphatic carbocycles. The quantitative estimate of drug-likeness (QED) is 0.749. The van der Waals surface area contributed by atoms with Crippen LogP contribution in [0.2, 0.25) is 0 Å². The summed E-state index contributed by atoms with van der Waals surface area (Å²) in [5, 5.41) is 0. The second-order valence-corrected chi connectivity index (χ2v) is 2.77. The van der Waals surface area contributed by atoms with E-state index in [1.54, 1.807) is 12.1 Å². The van der Waals surface area contributed by atoms with E-state index in [-0.39, 0.29) is 12.3 Å². The van der Waals surface area contributed by atoms with Gasteiger partial charge in [0.2, 0.25) is 0 Å². The topological polar surface area (TPSA) is 52.3 Å². The lowest BCUT2D eigenvalue weighted by Gasteiger charge is -2.13. The summed E-state index contributed by atoms with van der Waals surface area (Å²) in [6, 6.07) is 9.18. The molecular formula is C10H13NO2. The fraction of sp³-hybridized carbons (Fsp3) is 0.300. The molecule has 0 bridgehead atoms. The van der Waals surface area contributed by atoms with Gasteiger partial charge in [0.05, 0.1) is 0 Å². The standard InChI is InChI=1S/C10H13NO2/c1-8(12)10(7-11)13-9-5-3-2-4-6-9/h2-6,10H,7,11H2,1H3. The maximum atomic E-state index is 11.0. The van der Waals surface area contributed by atoms with Gasteiger partial charge in [-0.3, -0.25) is 4.79 Å². The summed E-state index contributed by atoms with van der Waals surface area (Å²) in [5.74, 6) is 0.625. The summed E-state index contributed by atoms with van der Waals surface area (Å²) in [7, 11) is 0. The summed E-state index contributed by atoms with van der Waals surface area (Å²) in [4.78, 5) is 11.0. The van der Waals surface area contributed by atoms with Gasteiger partial charge in [-0.1, -0.05) is 18.2 Å². The van der Waals surface area contributed by atoms with Crippen LogP contribution in [0.3, 0.4) is 0 Å². The van der Waals surface area contributed by atoms with Crippen LogP contribution in [0.15, 0.2) is 30.3 Å². The highest BCUT2D eigenvalue weighted by atomic mass is 16.5. The van der Waals surface area contributed by atoms with Crippen LogP contribution >= 0.6 is 0 Å². The lowest BCUT2D eigenvalue weighted by Crippen LogP contribution is -2.33. The van der Waals surface area contributed by atoms with Gasteiger partial charge in [-0.05, 0) is 19.1 Å². The zero-order valence-corrected chi connectivity index (χ0v) is 7.57. The van der Waals surface area contributed by atoms with Crippen molar-refractivity contribution in [1.29, 1.82) is 0 Å². The Labute approximate surface area is 77.5 Å². The Hall–Kier alpha value is -1.35. The molecule has 13 heavy (non-hydrogen) atoms. The number of para-hydroxylation sites is 1. The number of hydrogen-bond acceptors (Lipinski definition) is 3. The first-order valence-electron chi connectivity index (χ1n) is 4.16. The van der Waals surface area contributed by atoms with Crippen molar-refractivity contribution in [3.8, 4) is 5.75 Å². The second kappa shape index (κ2) is 4.62. The molecule has 3 heteroatoms. The van der Waals surface area contributed by atoms with E-state index in [4.69, 9.17) is 10.5 Å². The molecule has 0 aliphatic rings.